The van der Waals surface area contributed by atoms with E-state index >= 15 is 0 Å². The Kier molecular flexibility index (Phi) is 4.00. The highest BCUT2D eigenvalue weighted by Crippen LogP contribution is 2.27. The summed E-state index contributed by atoms with van der Waals surface area (Å²) in [6.07, 6.45) is -0.162. The highest BCUT2D eigenvalue weighted by atomic mass is 35.5. The van der Waals surface area contributed by atoms with E-state index in [-0.39, 0.29) is 6.10 Å². The van der Waals surface area contributed by atoms with E-state index in [4.69, 9.17) is 33.7 Å². The van der Waals surface area contributed by atoms with Gasteiger partial charge in [0, 0.05) is 29.3 Å². The van der Waals surface area contributed by atoms with Crippen LogP contribution in [0.1, 0.15) is 11.7 Å². The van der Waals surface area contributed by atoms with E-state index in [0.29, 0.717) is 16.6 Å². The van der Waals surface area contributed by atoms with Gasteiger partial charge in [-0.25, -0.2) is 0 Å². The van der Waals surface area contributed by atoms with Gasteiger partial charge in [-0.15, -0.1) is 0 Å². The molecule has 0 unspecified atom stereocenters. The molecule has 0 aliphatic rings. The summed E-state index contributed by atoms with van der Waals surface area (Å²) in [7, 11) is 1.60. The first-order valence-corrected chi connectivity index (χ1v) is 4.62. The zero-order valence-electron chi connectivity index (χ0n) is 7.26. The molecule has 0 aliphatic carbocycles. The number of methoxy groups -OCH3 is 1. The predicted octanol–water partition coefficient (Wildman–Crippen LogP) is 2.64. The molecular formula is C9H11Cl2NO. The molecule has 0 bridgehead atoms. The smallest absolute Gasteiger partial charge is 0.0957 e. The maximum Gasteiger partial charge on any atom is 0.0957 e. The molecule has 0 aromatic heterocycles. The molecule has 1 atom stereocenters. The third-order valence-corrected chi connectivity index (χ3v) is 2.37. The normalized spacial score (nSPS) is 12.9. The summed E-state index contributed by atoms with van der Waals surface area (Å²) in [5.41, 5.74) is 6.38. The van der Waals surface area contributed by atoms with Crippen molar-refractivity contribution in [3.05, 3.63) is 33.8 Å². The second-order valence-corrected chi connectivity index (χ2v) is 3.47. The first kappa shape index (κ1) is 10.8. The molecule has 0 saturated heterocycles. The van der Waals surface area contributed by atoms with Crippen LogP contribution in [0, 0.1) is 0 Å². The van der Waals surface area contributed by atoms with Crippen molar-refractivity contribution in [3.8, 4) is 0 Å². The lowest BCUT2D eigenvalue weighted by molar-refractivity contribution is 0.110. The van der Waals surface area contributed by atoms with Gasteiger partial charge in [0.05, 0.1) is 6.10 Å². The summed E-state index contributed by atoms with van der Waals surface area (Å²) in [5.74, 6) is 0. The molecule has 72 valence electrons. The highest BCUT2D eigenvalue weighted by Gasteiger charge is 2.11. The first-order chi connectivity index (χ1) is 6.19. The van der Waals surface area contributed by atoms with Gasteiger partial charge in [-0.3, -0.25) is 0 Å². The monoisotopic (exact) mass is 219 g/mol. The van der Waals surface area contributed by atoms with E-state index in [9.17, 15) is 0 Å². The molecule has 0 radical (unpaired) electrons. The van der Waals surface area contributed by atoms with Crippen LogP contribution in [0.15, 0.2) is 18.2 Å². The van der Waals surface area contributed by atoms with Crippen LogP contribution >= 0.6 is 23.2 Å². The van der Waals surface area contributed by atoms with Gasteiger partial charge in [-0.2, -0.15) is 0 Å². The molecule has 1 rings (SSSR count). The van der Waals surface area contributed by atoms with Crippen LogP contribution in [-0.4, -0.2) is 13.7 Å². The number of hydrogen-bond acceptors (Lipinski definition) is 2. The zero-order chi connectivity index (χ0) is 9.84. The van der Waals surface area contributed by atoms with Crippen LogP contribution in [0.3, 0.4) is 0 Å². The van der Waals surface area contributed by atoms with E-state index < -0.39 is 0 Å². The van der Waals surface area contributed by atoms with Crippen molar-refractivity contribution in [1.82, 2.24) is 0 Å². The Labute approximate surface area is 87.6 Å². The third kappa shape index (κ3) is 2.58. The molecule has 0 heterocycles. The predicted molar refractivity (Wildman–Crippen MR) is 55.3 cm³/mol. The Hall–Kier alpha value is -0.280. The molecule has 2 N–H and O–H groups in total. The number of benzene rings is 1. The molecular weight excluding hydrogens is 209 g/mol. The molecule has 13 heavy (non-hydrogen) atoms. The maximum atomic E-state index is 5.96. The fourth-order valence-electron chi connectivity index (χ4n) is 1.11. The van der Waals surface area contributed by atoms with Crippen molar-refractivity contribution < 1.29 is 4.74 Å². The van der Waals surface area contributed by atoms with Crippen molar-refractivity contribution in [2.24, 2.45) is 5.73 Å². The van der Waals surface area contributed by atoms with Crippen molar-refractivity contribution in [3.63, 3.8) is 0 Å². The Balaban J connectivity index is 2.99. The molecule has 1 aromatic carbocycles. The van der Waals surface area contributed by atoms with Crippen molar-refractivity contribution in [2.45, 2.75) is 6.10 Å². The number of ether oxygens (including phenoxy) is 1. The lowest BCUT2D eigenvalue weighted by Gasteiger charge is -2.14. The van der Waals surface area contributed by atoms with E-state index in [1.807, 2.05) is 6.07 Å². The van der Waals surface area contributed by atoms with Crippen LogP contribution in [0.25, 0.3) is 0 Å². The number of hydrogen-bond donors (Lipinski definition) is 1. The Morgan fingerprint density at radius 3 is 2.62 bits per heavy atom. The van der Waals surface area contributed by atoms with Gasteiger partial charge >= 0.3 is 0 Å². The molecule has 0 spiro atoms. The van der Waals surface area contributed by atoms with Crippen LogP contribution in [0.5, 0.6) is 0 Å². The van der Waals surface area contributed by atoms with Crippen LogP contribution in [0.2, 0.25) is 10.0 Å². The third-order valence-electron chi connectivity index (χ3n) is 1.81. The first-order valence-electron chi connectivity index (χ1n) is 3.87. The fraction of sp³-hybridized carbons (Fsp3) is 0.333. The van der Waals surface area contributed by atoms with Crippen molar-refractivity contribution in [2.75, 3.05) is 13.7 Å². The molecule has 0 saturated carbocycles. The minimum Gasteiger partial charge on any atom is -0.375 e. The SMILES string of the molecule is CO[C@@H](CN)c1ccc(Cl)cc1Cl. The van der Waals surface area contributed by atoms with Gasteiger partial charge in [-0.05, 0) is 12.1 Å². The number of rotatable bonds is 3. The Morgan fingerprint density at radius 2 is 2.15 bits per heavy atom. The van der Waals surface area contributed by atoms with E-state index in [1.165, 1.54) is 0 Å². The lowest BCUT2D eigenvalue weighted by Crippen LogP contribution is -2.14. The average Bonchev–Trinajstić information content (AvgIpc) is 2.10. The van der Waals surface area contributed by atoms with Gasteiger partial charge in [0.15, 0.2) is 0 Å². The zero-order valence-corrected chi connectivity index (χ0v) is 8.77. The summed E-state index contributed by atoms with van der Waals surface area (Å²) in [5, 5.41) is 1.20. The fourth-order valence-corrected chi connectivity index (χ4v) is 1.64. The van der Waals surface area contributed by atoms with Gasteiger partial charge in [0.2, 0.25) is 0 Å². The minimum absolute atomic E-state index is 0.162. The van der Waals surface area contributed by atoms with Gasteiger partial charge in [-0.1, -0.05) is 29.3 Å². The summed E-state index contributed by atoms with van der Waals surface area (Å²) >= 11 is 11.7. The second-order valence-electron chi connectivity index (χ2n) is 2.63. The molecule has 0 amide bonds. The Morgan fingerprint density at radius 1 is 1.46 bits per heavy atom. The quantitative estimate of drug-likeness (QED) is 0.849. The van der Waals surface area contributed by atoms with E-state index in [2.05, 4.69) is 0 Å². The molecule has 1 aromatic rings. The number of nitrogens with two attached hydrogens (primary N) is 1. The van der Waals surface area contributed by atoms with Crippen LogP contribution in [0.4, 0.5) is 0 Å². The summed E-state index contributed by atoms with van der Waals surface area (Å²) in [6, 6.07) is 5.27. The topological polar surface area (TPSA) is 35.2 Å². The lowest BCUT2D eigenvalue weighted by atomic mass is 10.1. The van der Waals surface area contributed by atoms with Gasteiger partial charge in [0.25, 0.3) is 0 Å². The molecule has 4 heteroatoms. The number of halogens is 2. The molecule has 0 aliphatic heterocycles. The molecule has 2 nitrogen and oxygen atoms in total. The van der Waals surface area contributed by atoms with E-state index in [1.54, 1.807) is 19.2 Å². The van der Waals surface area contributed by atoms with Crippen molar-refractivity contribution in [1.29, 1.82) is 0 Å². The second kappa shape index (κ2) is 4.82. The highest BCUT2D eigenvalue weighted by molar-refractivity contribution is 6.35. The van der Waals surface area contributed by atoms with Crippen LogP contribution < -0.4 is 5.73 Å². The van der Waals surface area contributed by atoms with Gasteiger partial charge in [0.1, 0.15) is 0 Å². The summed E-state index contributed by atoms with van der Waals surface area (Å²) in [6.45, 7) is 0.401. The average molecular weight is 220 g/mol. The Bertz CT molecular complexity index is 287. The summed E-state index contributed by atoms with van der Waals surface area (Å²) < 4.78 is 5.15. The van der Waals surface area contributed by atoms with E-state index in [0.717, 1.165) is 5.56 Å². The summed E-state index contributed by atoms with van der Waals surface area (Å²) in [4.78, 5) is 0. The van der Waals surface area contributed by atoms with Gasteiger partial charge < -0.3 is 10.5 Å². The maximum absolute atomic E-state index is 5.96. The molecule has 0 fully saturated rings. The van der Waals surface area contributed by atoms with Crippen LogP contribution in [-0.2, 0) is 4.74 Å². The minimum atomic E-state index is -0.162. The standard InChI is InChI=1S/C9H11Cl2NO/c1-13-9(5-12)7-3-2-6(10)4-8(7)11/h2-4,9H,5,12H2,1H3/t9-/m0/s1. The largest absolute Gasteiger partial charge is 0.375 e. The van der Waals surface area contributed by atoms with Crippen molar-refractivity contribution >= 4 is 23.2 Å².